The van der Waals surface area contributed by atoms with Gasteiger partial charge in [0.25, 0.3) is 0 Å². The predicted molar refractivity (Wildman–Crippen MR) is 152 cm³/mol. The first-order valence-corrected chi connectivity index (χ1v) is 13.7. The zero-order valence-corrected chi connectivity index (χ0v) is 23.0. The molecule has 1 aliphatic rings. The van der Waals surface area contributed by atoms with Crippen molar-refractivity contribution in [2.45, 2.75) is 63.7 Å². The van der Waals surface area contributed by atoms with Crippen molar-refractivity contribution < 1.29 is 8.96 Å². The molecule has 0 unspecified atom stereocenters. The molecular weight excluding hydrogens is 461 g/mol. The average Bonchev–Trinajstić information content (AvgIpc) is 2.81. The standard InChI is InChI=1S/C33H33FNS/c1-18(2)20-8-10-24-26(15-20)19(3)29-31-30-25(12-13-35(31)7)23-11-9-22(34)14-21(23)16-28(30)36-32(29)27(24)17-33(4,5)6/h8-16,18H,17H2,1-7H3/q+1. The van der Waals surface area contributed by atoms with Crippen molar-refractivity contribution in [3.05, 3.63) is 77.2 Å². The molecular formula is C33H33FNS+. The van der Waals surface area contributed by atoms with Gasteiger partial charge in [0.05, 0.1) is 10.9 Å². The van der Waals surface area contributed by atoms with Crippen molar-refractivity contribution in [1.82, 2.24) is 0 Å². The monoisotopic (exact) mass is 494 g/mol. The van der Waals surface area contributed by atoms with Gasteiger partial charge in [-0.1, -0.05) is 70.6 Å². The Hall–Kier alpha value is -2.91. The number of rotatable bonds is 2. The molecule has 6 rings (SSSR count). The zero-order valence-electron chi connectivity index (χ0n) is 22.2. The van der Waals surface area contributed by atoms with Crippen LogP contribution in [0.4, 0.5) is 4.39 Å². The highest BCUT2D eigenvalue weighted by atomic mass is 32.2. The van der Waals surface area contributed by atoms with Gasteiger partial charge >= 0.3 is 0 Å². The summed E-state index contributed by atoms with van der Waals surface area (Å²) >= 11 is 1.88. The SMILES string of the molecule is Cc1c2c(c(CC(C)(C)C)c3ccc(C(C)C)cc13)Sc1cc3cc(F)ccc3c3cc[n+](C)c-2c13. The van der Waals surface area contributed by atoms with Crippen LogP contribution in [0.5, 0.6) is 0 Å². The number of nitrogens with zero attached hydrogens (tertiary/aromatic N) is 1. The highest BCUT2D eigenvalue weighted by Crippen LogP contribution is 2.53. The second kappa shape index (κ2) is 8.05. The molecule has 0 aliphatic carbocycles. The summed E-state index contributed by atoms with van der Waals surface area (Å²) in [5, 5.41) is 7.27. The van der Waals surface area contributed by atoms with E-state index in [-0.39, 0.29) is 11.2 Å². The molecule has 0 radical (unpaired) electrons. The maximum absolute atomic E-state index is 14.2. The molecule has 0 spiro atoms. The third-order valence-corrected chi connectivity index (χ3v) is 8.83. The van der Waals surface area contributed by atoms with E-state index in [0.29, 0.717) is 5.92 Å². The van der Waals surface area contributed by atoms with E-state index in [1.165, 1.54) is 59.3 Å². The third-order valence-electron chi connectivity index (χ3n) is 7.63. The average molecular weight is 495 g/mol. The van der Waals surface area contributed by atoms with Gasteiger partial charge in [0.1, 0.15) is 12.9 Å². The lowest BCUT2D eigenvalue weighted by Crippen LogP contribution is -2.32. The van der Waals surface area contributed by atoms with Crippen LogP contribution >= 0.6 is 11.8 Å². The van der Waals surface area contributed by atoms with Crippen LogP contribution in [0.15, 0.2) is 64.5 Å². The summed E-state index contributed by atoms with van der Waals surface area (Å²) in [5.41, 5.74) is 6.93. The zero-order chi connectivity index (χ0) is 25.5. The lowest BCUT2D eigenvalue weighted by atomic mass is 9.82. The summed E-state index contributed by atoms with van der Waals surface area (Å²) in [6.45, 7) is 13.8. The molecule has 182 valence electrons. The summed E-state index contributed by atoms with van der Waals surface area (Å²) < 4.78 is 16.5. The molecule has 5 aromatic rings. The van der Waals surface area contributed by atoms with Crippen molar-refractivity contribution in [3.63, 3.8) is 0 Å². The minimum Gasteiger partial charge on any atom is -0.207 e. The van der Waals surface area contributed by atoms with E-state index in [4.69, 9.17) is 0 Å². The van der Waals surface area contributed by atoms with Gasteiger partial charge in [-0.15, -0.1) is 0 Å². The summed E-state index contributed by atoms with van der Waals surface area (Å²) in [5.74, 6) is 0.297. The van der Waals surface area contributed by atoms with Crippen LogP contribution < -0.4 is 4.57 Å². The number of fused-ring (bicyclic) bond motifs is 5. The van der Waals surface area contributed by atoms with E-state index in [2.05, 4.69) is 89.7 Å². The summed E-state index contributed by atoms with van der Waals surface area (Å²) in [7, 11) is 2.16. The molecule has 1 aromatic heterocycles. The van der Waals surface area contributed by atoms with E-state index in [9.17, 15) is 4.39 Å². The molecule has 0 fully saturated rings. The molecule has 3 heteroatoms. The molecule has 1 nitrogen and oxygen atoms in total. The molecule has 0 atom stereocenters. The highest BCUT2D eigenvalue weighted by molar-refractivity contribution is 8.00. The molecule has 0 amide bonds. The number of aromatic nitrogens is 1. The maximum Gasteiger partial charge on any atom is 0.222 e. The second-order valence-corrected chi connectivity index (χ2v) is 13.0. The molecule has 0 N–H and O–H groups in total. The minimum atomic E-state index is -0.187. The van der Waals surface area contributed by atoms with Gasteiger partial charge in [-0.05, 0) is 81.1 Å². The van der Waals surface area contributed by atoms with Crippen LogP contribution in [0.2, 0.25) is 0 Å². The Morgan fingerprint density at radius 3 is 2.39 bits per heavy atom. The normalized spacial score (nSPS) is 13.2. The van der Waals surface area contributed by atoms with Crippen LogP contribution in [-0.2, 0) is 13.5 Å². The van der Waals surface area contributed by atoms with Gasteiger partial charge in [0, 0.05) is 21.2 Å². The summed E-state index contributed by atoms with van der Waals surface area (Å²) in [4.78, 5) is 2.58. The fourth-order valence-corrected chi connectivity index (χ4v) is 7.27. The molecule has 0 saturated carbocycles. The van der Waals surface area contributed by atoms with E-state index < -0.39 is 0 Å². The predicted octanol–water partition coefficient (Wildman–Crippen LogP) is 9.26. The van der Waals surface area contributed by atoms with Gasteiger partial charge in [-0.2, -0.15) is 0 Å². The van der Waals surface area contributed by atoms with Gasteiger partial charge in [-0.25, -0.2) is 8.96 Å². The van der Waals surface area contributed by atoms with E-state index in [1.54, 1.807) is 12.1 Å². The molecule has 0 bridgehead atoms. The topological polar surface area (TPSA) is 3.88 Å². The fourth-order valence-electron chi connectivity index (χ4n) is 5.90. The Balaban J connectivity index is 1.80. The largest absolute Gasteiger partial charge is 0.222 e. The molecule has 0 saturated heterocycles. The van der Waals surface area contributed by atoms with E-state index >= 15 is 0 Å². The van der Waals surface area contributed by atoms with Gasteiger partial charge in [0.15, 0.2) is 6.20 Å². The maximum atomic E-state index is 14.2. The lowest BCUT2D eigenvalue weighted by molar-refractivity contribution is -0.659. The number of benzene rings is 4. The van der Waals surface area contributed by atoms with E-state index in [1.807, 2.05) is 17.8 Å². The van der Waals surface area contributed by atoms with Crippen LogP contribution in [0.3, 0.4) is 0 Å². The Labute approximate surface area is 217 Å². The number of hydrogen-bond acceptors (Lipinski definition) is 1. The van der Waals surface area contributed by atoms with Crippen molar-refractivity contribution in [2.75, 3.05) is 0 Å². The number of pyridine rings is 1. The third kappa shape index (κ3) is 3.55. The Morgan fingerprint density at radius 2 is 1.67 bits per heavy atom. The Bertz CT molecular complexity index is 1720. The summed E-state index contributed by atoms with van der Waals surface area (Å²) in [6.07, 6.45) is 3.17. The van der Waals surface area contributed by atoms with Crippen LogP contribution in [0, 0.1) is 18.2 Å². The first kappa shape index (κ1) is 23.5. The van der Waals surface area contributed by atoms with Gasteiger partial charge in [0.2, 0.25) is 5.69 Å². The van der Waals surface area contributed by atoms with Crippen molar-refractivity contribution in [1.29, 1.82) is 0 Å². The Morgan fingerprint density at radius 1 is 0.917 bits per heavy atom. The quantitative estimate of drug-likeness (QED) is 0.171. The summed E-state index contributed by atoms with van der Waals surface area (Å²) in [6, 6.07) is 16.6. The van der Waals surface area contributed by atoms with Crippen LogP contribution in [-0.4, -0.2) is 0 Å². The van der Waals surface area contributed by atoms with Crippen molar-refractivity contribution >= 4 is 44.1 Å². The smallest absolute Gasteiger partial charge is 0.207 e. The van der Waals surface area contributed by atoms with E-state index in [0.717, 1.165) is 17.2 Å². The molecule has 1 aliphatic heterocycles. The minimum absolute atomic E-state index is 0.147. The first-order chi connectivity index (χ1) is 17.0. The van der Waals surface area contributed by atoms with Gasteiger partial charge in [-0.3, -0.25) is 0 Å². The van der Waals surface area contributed by atoms with Gasteiger partial charge < -0.3 is 0 Å². The number of halogens is 1. The lowest BCUT2D eigenvalue weighted by Gasteiger charge is -2.28. The number of aryl methyl sites for hydroxylation is 2. The fraction of sp³-hybridized carbons (Fsp3) is 0.303. The first-order valence-electron chi connectivity index (χ1n) is 12.9. The second-order valence-electron chi connectivity index (χ2n) is 11.9. The van der Waals surface area contributed by atoms with Crippen LogP contribution in [0.1, 0.15) is 57.2 Å². The van der Waals surface area contributed by atoms with Crippen molar-refractivity contribution in [3.8, 4) is 11.3 Å². The molecule has 36 heavy (non-hydrogen) atoms. The number of hydrogen-bond donors (Lipinski definition) is 0. The highest BCUT2D eigenvalue weighted by Gasteiger charge is 2.33. The van der Waals surface area contributed by atoms with Crippen LogP contribution in [0.25, 0.3) is 43.6 Å². The molecule has 2 heterocycles. The molecule has 4 aromatic carbocycles. The van der Waals surface area contributed by atoms with Crippen molar-refractivity contribution in [2.24, 2.45) is 12.5 Å². The Kier molecular flexibility index (Phi) is 5.25.